The average molecular weight is 780 g/mol. The van der Waals surface area contributed by atoms with E-state index in [0.29, 0.717) is 5.89 Å². The average Bonchev–Trinajstić information content (AvgIpc) is 3.94. The number of hydrogen-bond donors (Lipinski definition) is 0. The number of furan rings is 1. The van der Waals surface area contributed by atoms with Gasteiger partial charge in [0.2, 0.25) is 5.89 Å². The Kier molecular flexibility index (Phi) is 8.24. The van der Waals surface area contributed by atoms with Crippen LogP contribution in [-0.4, -0.2) is 4.98 Å². The lowest BCUT2D eigenvalue weighted by molar-refractivity contribution is 0.622. The van der Waals surface area contributed by atoms with Crippen LogP contribution in [0.3, 0.4) is 0 Å². The highest BCUT2D eigenvalue weighted by atomic mass is 16.4. The van der Waals surface area contributed by atoms with Gasteiger partial charge in [0, 0.05) is 16.9 Å². The molecule has 2 aromatic heterocycles. The van der Waals surface area contributed by atoms with Gasteiger partial charge in [-0.2, -0.15) is 0 Å². The lowest BCUT2D eigenvalue weighted by Gasteiger charge is -2.23. The summed E-state index contributed by atoms with van der Waals surface area (Å²) in [5, 5.41) is 7.02. The second-order valence-corrected chi connectivity index (χ2v) is 15.8. The maximum Gasteiger partial charge on any atom is 0.227 e. The fourth-order valence-electron chi connectivity index (χ4n) is 9.33. The zero-order chi connectivity index (χ0) is 40.3. The first-order chi connectivity index (χ1) is 30.2. The van der Waals surface area contributed by atoms with Crippen LogP contribution in [0.5, 0.6) is 0 Å². The zero-order valence-electron chi connectivity index (χ0n) is 33.1. The number of oxazole rings is 1. The molecular weight excluding hydrogens is 743 g/mol. The molecule has 0 amide bonds. The molecule has 0 fully saturated rings. The van der Waals surface area contributed by atoms with Crippen molar-refractivity contribution < 1.29 is 8.83 Å². The third kappa shape index (κ3) is 6.01. The van der Waals surface area contributed by atoms with Crippen LogP contribution in [0.15, 0.2) is 227 Å². The van der Waals surface area contributed by atoms with Crippen LogP contribution in [0.4, 0.5) is 0 Å². The van der Waals surface area contributed by atoms with E-state index < -0.39 is 0 Å². The summed E-state index contributed by atoms with van der Waals surface area (Å²) in [5.41, 5.74) is 14.9. The van der Waals surface area contributed by atoms with Crippen LogP contribution in [0.2, 0.25) is 0 Å². The van der Waals surface area contributed by atoms with E-state index in [1.807, 2.05) is 42.5 Å². The van der Waals surface area contributed by atoms with Crippen molar-refractivity contribution in [2.75, 3.05) is 0 Å². The predicted molar refractivity (Wildman–Crippen MR) is 252 cm³/mol. The van der Waals surface area contributed by atoms with Crippen LogP contribution >= 0.6 is 0 Å². The molecule has 0 bridgehead atoms. The number of benzene rings is 10. The van der Waals surface area contributed by atoms with Crippen molar-refractivity contribution in [1.82, 2.24) is 4.98 Å². The second-order valence-electron chi connectivity index (χ2n) is 15.8. The fraction of sp³-hybridized carbons (Fsp3) is 0.0172. The molecule has 0 spiro atoms. The first-order valence-electron chi connectivity index (χ1n) is 20.8. The molecule has 1 atom stereocenters. The van der Waals surface area contributed by atoms with Gasteiger partial charge in [-0.1, -0.05) is 176 Å². The van der Waals surface area contributed by atoms with Crippen LogP contribution < -0.4 is 0 Å². The summed E-state index contributed by atoms with van der Waals surface area (Å²) >= 11 is 0. The highest BCUT2D eigenvalue weighted by Crippen LogP contribution is 2.42. The summed E-state index contributed by atoms with van der Waals surface area (Å²) in [6.07, 6.45) is 0. The molecular formula is C58H37NO2. The fourth-order valence-corrected chi connectivity index (χ4v) is 9.33. The van der Waals surface area contributed by atoms with Crippen LogP contribution in [-0.2, 0) is 0 Å². The maximum atomic E-state index is 6.44. The molecule has 10 aromatic carbocycles. The molecule has 0 aliphatic rings. The topological polar surface area (TPSA) is 39.2 Å². The van der Waals surface area contributed by atoms with E-state index in [1.54, 1.807) is 0 Å². The number of aromatic nitrogens is 1. The number of hydrogen-bond acceptors (Lipinski definition) is 3. The van der Waals surface area contributed by atoms with Crippen molar-refractivity contribution in [2.24, 2.45) is 0 Å². The van der Waals surface area contributed by atoms with Gasteiger partial charge in [0.1, 0.15) is 16.7 Å². The first kappa shape index (κ1) is 35.0. The predicted octanol–water partition coefficient (Wildman–Crippen LogP) is 15.9. The van der Waals surface area contributed by atoms with Gasteiger partial charge >= 0.3 is 0 Å². The maximum absolute atomic E-state index is 6.44. The van der Waals surface area contributed by atoms with Crippen molar-refractivity contribution in [2.45, 2.75) is 5.92 Å². The quantitative estimate of drug-likeness (QED) is 0.119. The van der Waals surface area contributed by atoms with E-state index in [4.69, 9.17) is 13.8 Å². The van der Waals surface area contributed by atoms with Crippen LogP contribution in [0, 0.1) is 0 Å². The summed E-state index contributed by atoms with van der Waals surface area (Å²) in [5.74, 6) is 0.594. The van der Waals surface area contributed by atoms with Gasteiger partial charge < -0.3 is 8.83 Å². The Morgan fingerprint density at radius 2 is 0.951 bits per heavy atom. The van der Waals surface area contributed by atoms with Crippen molar-refractivity contribution in [1.29, 1.82) is 0 Å². The molecule has 0 saturated carbocycles. The molecule has 0 aliphatic carbocycles. The smallest absolute Gasteiger partial charge is 0.227 e. The molecule has 12 rings (SSSR count). The van der Waals surface area contributed by atoms with Crippen molar-refractivity contribution in [3.05, 3.63) is 235 Å². The Morgan fingerprint density at radius 3 is 1.72 bits per heavy atom. The van der Waals surface area contributed by atoms with Gasteiger partial charge in [0.05, 0.1) is 5.39 Å². The summed E-state index contributed by atoms with van der Waals surface area (Å²) in [6, 6.07) is 78.1. The second kappa shape index (κ2) is 14.4. The number of fused-ring (bicyclic) bond motifs is 8. The van der Waals surface area contributed by atoms with E-state index in [0.717, 1.165) is 49.7 Å². The molecule has 286 valence electrons. The zero-order valence-corrected chi connectivity index (χ0v) is 33.1. The van der Waals surface area contributed by atoms with E-state index in [-0.39, 0.29) is 5.92 Å². The Morgan fingerprint density at radius 1 is 0.361 bits per heavy atom. The molecule has 2 heterocycles. The van der Waals surface area contributed by atoms with Crippen LogP contribution in [0.25, 0.3) is 99.4 Å². The SMILES string of the molecule is c1ccc(-c2nc3ccc4oc5ccc(-c6ccc(C(c7ccc(-c8cc9ccccc9c9ccccc89)cc7)c7ccccc7-c7ccccc7)cc6)cc5c4c3o2)cc1. The number of nitrogens with zero attached hydrogens (tertiary/aromatic N) is 1. The third-order valence-corrected chi connectivity index (χ3v) is 12.3. The first-order valence-corrected chi connectivity index (χ1v) is 20.8. The lowest BCUT2D eigenvalue weighted by Crippen LogP contribution is -2.05. The minimum absolute atomic E-state index is 0.00769. The molecule has 0 N–H and O–H groups in total. The number of rotatable bonds is 7. The molecule has 3 nitrogen and oxygen atoms in total. The minimum Gasteiger partial charge on any atom is -0.456 e. The van der Waals surface area contributed by atoms with Crippen molar-refractivity contribution in [3.63, 3.8) is 0 Å². The molecule has 0 saturated heterocycles. The minimum atomic E-state index is -0.00769. The molecule has 1 unspecified atom stereocenters. The molecule has 61 heavy (non-hydrogen) atoms. The molecule has 0 aliphatic heterocycles. The van der Waals surface area contributed by atoms with E-state index in [9.17, 15) is 0 Å². The Labute approximate surface area is 352 Å². The molecule has 3 heteroatoms. The van der Waals surface area contributed by atoms with E-state index >= 15 is 0 Å². The molecule has 0 radical (unpaired) electrons. The standard InChI is InChI=1S/C58H37NO2/c1-3-13-38(14-4-1)45-18-9-12-22-49(45)55(41-29-25-39(26-30-41)50-36-44-17-7-8-19-46(44)47-20-10-11-21-48(47)50)40-27-23-37(24-28-40)43-31-33-53-51(35-43)56-54(60-53)34-32-52-57(56)61-58(59-52)42-15-5-2-6-16-42/h1-36,55H. The van der Waals surface area contributed by atoms with Gasteiger partial charge in [0.15, 0.2) is 5.58 Å². The summed E-state index contributed by atoms with van der Waals surface area (Å²) in [6.45, 7) is 0. The van der Waals surface area contributed by atoms with E-state index in [2.05, 4.69) is 176 Å². The van der Waals surface area contributed by atoms with Gasteiger partial charge in [-0.3, -0.25) is 0 Å². The summed E-state index contributed by atoms with van der Waals surface area (Å²) in [7, 11) is 0. The largest absolute Gasteiger partial charge is 0.456 e. The van der Waals surface area contributed by atoms with Crippen molar-refractivity contribution in [3.8, 4) is 44.8 Å². The molecule has 12 aromatic rings. The van der Waals surface area contributed by atoms with Gasteiger partial charge in [-0.15, -0.1) is 0 Å². The van der Waals surface area contributed by atoms with Crippen molar-refractivity contribution >= 4 is 54.6 Å². The summed E-state index contributed by atoms with van der Waals surface area (Å²) < 4.78 is 12.8. The van der Waals surface area contributed by atoms with E-state index in [1.165, 1.54) is 60.5 Å². The monoisotopic (exact) mass is 779 g/mol. The Hall–Kier alpha value is -8.01. The highest BCUT2D eigenvalue weighted by Gasteiger charge is 2.22. The van der Waals surface area contributed by atoms with Crippen LogP contribution in [0.1, 0.15) is 22.6 Å². The van der Waals surface area contributed by atoms with Gasteiger partial charge in [-0.05, 0) is 114 Å². The summed E-state index contributed by atoms with van der Waals surface area (Å²) in [4.78, 5) is 4.84. The third-order valence-electron chi connectivity index (χ3n) is 12.3. The highest BCUT2D eigenvalue weighted by molar-refractivity contribution is 6.17. The normalized spacial score (nSPS) is 12.2. The lowest BCUT2D eigenvalue weighted by atomic mass is 9.80. The van der Waals surface area contributed by atoms with Gasteiger partial charge in [0.25, 0.3) is 0 Å². The van der Waals surface area contributed by atoms with Gasteiger partial charge in [-0.25, -0.2) is 4.98 Å². The Bertz CT molecular complexity index is 3560. The Balaban J connectivity index is 0.959.